The minimum atomic E-state index is -3.67. The number of hydrogen-bond donors (Lipinski definition) is 4. The molecule has 0 aliphatic carbocycles. The van der Waals surface area contributed by atoms with E-state index in [1.165, 1.54) is 12.3 Å². The van der Waals surface area contributed by atoms with E-state index in [9.17, 15) is 22.4 Å². The highest BCUT2D eigenvalue weighted by molar-refractivity contribution is 7.89. The maximum Gasteiger partial charge on any atom is 0.236 e. The molecule has 12 nitrogen and oxygen atoms in total. The summed E-state index contributed by atoms with van der Waals surface area (Å²) in [6.07, 6.45) is 5.58. The van der Waals surface area contributed by atoms with Crippen molar-refractivity contribution >= 4 is 21.8 Å². The second-order valence-electron chi connectivity index (χ2n) is 9.23. The summed E-state index contributed by atoms with van der Waals surface area (Å²) in [5.41, 5.74) is 10.4. The highest BCUT2D eigenvalue weighted by Crippen LogP contribution is 2.33. The lowest BCUT2D eigenvalue weighted by Crippen LogP contribution is -2.42. The quantitative estimate of drug-likeness (QED) is 0.211. The third kappa shape index (κ3) is 7.36. The topological polar surface area (TPSA) is 178 Å². The average Bonchev–Trinajstić information content (AvgIpc) is 3.57. The van der Waals surface area contributed by atoms with Gasteiger partial charge in [0.15, 0.2) is 0 Å². The van der Waals surface area contributed by atoms with Crippen LogP contribution in [0.15, 0.2) is 55.0 Å². The van der Waals surface area contributed by atoms with Crippen LogP contribution in [0, 0.1) is 12.7 Å². The van der Waals surface area contributed by atoms with Crippen LogP contribution in [0.2, 0.25) is 0 Å². The molecule has 0 unspecified atom stereocenters. The predicted molar refractivity (Wildman–Crippen MR) is 146 cm³/mol. The van der Waals surface area contributed by atoms with E-state index in [1.54, 1.807) is 29.2 Å². The summed E-state index contributed by atoms with van der Waals surface area (Å²) in [5.74, 6) is -1.64. The van der Waals surface area contributed by atoms with Crippen LogP contribution in [0.1, 0.15) is 18.5 Å². The SMILES string of the molecule is Cc1cccc(-c2n[nH]cc2-c2ccc(F)c(-c3cnn(CCNC(=O)[C@@H](N)CCC(=O)NS(C)(=O)=O)c3)c2)n1. The van der Waals surface area contributed by atoms with Crippen molar-refractivity contribution in [3.05, 3.63) is 66.5 Å². The summed E-state index contributed by atoms with van der Waals surface area (Å²) in [4.78, 5) is 28.3. The lowest BCUT2D eigenvalue weighted by atomic mass is 9.99. The van der Waals surface area contributed by atoms with E-state index < -0.39 is 33.7 Å². The summed E-state index contributed by atoms with van der Waals surface area (Å²) in [5, 5.41) is 14.1. The zero-order chi connectivity index (χ0) is 28.9. The first kappa shape index (κ1) is 28.6. The van der Waals surface area contributed by atoms with Gasteiger partial charge in [-0.15, -0.1) is 0 Å². The van der Waals surface area contributed by atoms with E-state index in [0.717, 1.165) is 23.1 Å². The van der Waals surface area contributed by atoms with Crippen molar-refractivity contribution in [2.75, 3.05) is 12.8 Å². The number of benzene rings is 1. The Labute approximate surface area is 230 Å². The number of nitrogens with one attached hydrogen (secondary N) is 3. The Kier molecular flexibility index (Phi) is 8.70. The molecule has 4 aromatic rings. The molecule has 0 aliphatic heterocycles. The van der Waals surface area contributed by atoms with Crippen LogP contribution < -0.4 is 15.8 Å². The number of carbonyl (C=O) groups excluding carboxylic acids is 2. The molecule has 1 aromatic carbocycles. The first-order valence-electron chi connectivity index (χ1n) is 12.3. The fourth-order valence-corrected chi connectivity index (χ4v) is 4.54. The van der Waals surface area contributed by atoms with Crippen LogP contribution in [0.4, 0.5) is 4.39 Å². The van der Waals surface area contributed by atoms with Crippen molar-refractivity contribution in [1.82, 2.24) is 35.0 Å². The van der Waals surface area contributed by atoms with Crippen LogP contribution >= 0.6 is 0 Å². The van der Waals surface area contributed by atoms with E-state index in [1.807, 2.05) is 29.8 Å². The van der Waals surface area contributed by atoms with Gasteiger partial charge in [-0.3, -0.25) is 29.1 Å². The van der Waals surface area contributed by atoms with Gasteiger partial charge in [0.25, 0.3) is 0 Å². The zero-order valence-corrected chi connectivity index (χ0v) is 22.7. The maximum absolute atomic E-state index is 14.8. The Balaban J connectivity index is 1.38. The Morgan fingerprint density at radius 1 is 1.18 bits per heavy atom. The number of pyridine rings is 1. The van der Waals surface area contributed by atoms with Gasteiger partial charge in [-0.2, -0.15) is 10.2 Å². The molecule has 0 radical (unpaired) electrons. The standard InChI is InChI=1S/C26H29FN8O4S/c1-16-4-3-5-23(32-16)25-20(14-30-33-25)17-6-7-21(27)19(12-17)18-13-31-35(15-18)11-10-29-26(37)22(28)8-9-24(36)34-40(2,38)39/h3-7,12-15,22H,8-11,28H2,1-2H3,(H,29,37)(H,30,33)(H,34,36)/t22-/m0/s1. The zero-order valence-electron chi connectivity index (χ0n) is 21.9. The van der Waals surface area contributed by atoms with E-state index >= 15 is 0 Å². The van der Waals surface area contributed by atoms with Crippen LogP contribution in [0.25, 0.3) is 33.6 Å². The molecular formula is C26H29FN8O4S. The maximum atomic E-state index is 14.8. The summed E-state index contributed by atoms with van der Waals surface area (Å²) in [7, 11) is -3.67. The minimum absolute atomic E-state index is 0.0208. The van der Waals surface area contributed by atoms with Crippen LogP contribution in [-0.4, -0.2) is 64.0 Å². The Bertz CT molecular complexity index is 1630. The lowest BCUT2D eigenvalue weighted by molar-refractivity contribution is -0.123. The van der Waals surface area contributed by atoms with Crippen LogP contribution in [0.3, 0.4) is 0 Å². The first-order chi connectivity index (χ1) is 19.0. The van der Waals surface area contributed by atoms with Gasteiger partial charge >= 0.3 is 0 Å². The summed E-state index contributed by atoms with van der Waals surface area (Å²) < 4.78 is 40.4. The van der Waals surface area contributed by atoms with Crippen molar-refractivity contribution in [2.24, 2.45) is 5.73 Å². The summed E-state index contributed by atoms with van der Waals surface area (Å²) >= 11 is 0. The molecule has 3 heterocycles. The molecule has 14 heteroatoms. The average molecular weight is 569 g/mol. The molecule has 40 heavy (non-hydrogen) atoms. The van der Waals surface area contributed by atoms with Gasteiger partial charge < -0.3 is 11.1 Å². The number of halogens is 1. The van der Waals surface area contributed by atoms with Crippen molar-refractivity contribution < 1.29 is 22.4 Å². The summed E-state index contributed by atoms with van der Waals surface area (Å²) in [6.45, 7) is 2.38. The number of amides is 2. The fourth-order valence-electron chi connectivity index (χ4n) is 4.02. The molecule has 4 rings (SSSR count). The fraction of sp³-hybridized carbons (Fsp3) is 0.269. The Morgan fingerprint density at radius 3 is 2.73 bits per heavy atom. The molecule has 1 atom stereocenters. The molecule has 2 amide bonds. The van der Waals surface area contributed by atoms with Gasteiger partial charge in [0.1, 0.15) is 11.5 Å². The number of nitrogens with zero attached hydrogens (tertiary/aromatic N) is 4. The molecule has 5 N–H and O–H groups in total. The van der Waals surface area contributed by atoms with Gasteiger partial charge in [-0.05, 0) is 43.2 Å². The Morgan fingerprint density at radius 2 is 1.98 bits per heavy atom. The molecule has 0 bridgehead atoms. The highest BCUT2D eigenvalue weighted by atomic mass is 32.2. The molecule has 0 fully saturated rings. The molecule has 210 valence electrons. The van der Waals surface area contributed by atoms with Gasteiger partial charge in [-0.1, -0.05) is 12.1 Å². The van der Waals surface area contributed by atoms with E-state index in [4.69, 9.17) is 5.73 Å². The largest absolute Gasteiger partial charge is 0.353 e. The molecule has 0 saturated carbocycles. The number of nitrogens with two attached hydrogens (primary N) is 1. The van der Waals surface area contributed by atoms with Crippen LogP contribution in [-0.2, 0) is 26.2 Å². The van der Waals surface area contributed by atoms with Crippen molar-refractivity contribution in [2.45, 2.75) is 32.4 Å². The number of hydrogen-bond acceptors (Lipinski definition) is 8. The number of H-pyrrole nitrogens is 1. The number of aromatic nitrogens is 5. The monoisotopic (exact) mass is 568 g/mol. The predicted octanol–water partition coefficient (Wildman–Crippen LogP) is 1.75. The van der Waals surface area contributed by atoms with E-state index in [0.29, 0.717) is 29.1 Å². The first-order valence-corrected chi connectivity index (χ1v) is 14.2. The number of carbonyl (C=O) groups is 2. The van der Waals surface area contributed by atoms with Crippen LogP contribution in [0.5, 0.6) is 0 Å². The van der Waals surface area contributed by atoms with E-state index in [2.05, 4.69) is 25.6 Å². The Hall–Kier alpha value is -4.43. The normalized spacial score (nSPS) is 12.2. The number of sulfonamides is 1. The third-order valence-electron chi connectivity index (χ3n) is 5.95. The number of aromatic amines is 1. The van der Waals surface area contributed by atoms with Gasteiger partial charge in [0, 0.05) is 47.7 Å². The van der Waals surface area contributed by atoms with Crippen molar-refractivity contribution in [3.8, 4) is 33.6 Å². The third-order valence-corrected chi connectivity index (χ3v) is 6.55. The molecule has 0 saturated heterocycles. The second-order valence-corrected chi connectivity index (χ2v) is 11.0. The number of rotatable bonds is 11. The molecular weight excluding hydrogens is 539 g/mol. The number of aryl methyl sites for hydroxylation is 1. The molecule has 0 aliphatic rings. The minimum Gasteiger partial charge on any atom is -0.353 e. The van der Waals surface area contributed by atoms with Crippen molar-refractivity contribution in [3.63, 3.8) is 0 Å². The van der Waals surface area contributed by atoms with Gasteiger partial charge in [-0.25, -0.2) is 12.8 Å². The molecule has 0 spiro atoms. The highest BCUT2D eigenvalue weighted by Gasteiger charge is 2.18. The van der Waals surface area contributed by atoms with Crippen molar-refractivity contribution in [1.29, 1.82) is 0 Å². The summed E-state index contributed by atoms with van der Waals surface area (Å²) in [6, 6.07) is 9.46. The van der Waals surface area contributed by atoms with E-state index in [-0.39, 0.29) is 19.4 Å². The van der Waals surface area contributed by atoms with Gasteiger partial charge in [0.2, 0.25) is 21.8 Å². The van der Waals surface area contributed by atoms with Gasteiger partial charge in [0.05, 0.1) is 30.7 Å². The smallest absolute Gasteiger partial charge is 0.236 e. The second kappa shape index (κ2) is 12.2. The molecule has 3 aromatic heterocycles. The lowest BCUT2D eigenvalue weighted by Gasteiger charge is -2.12.